The predicted molar refractivity (Wildman–Crippen MR) is 124 cm³/mol. The van der Waals surface area contributed by atoms with Crippen LogP contribution in [0.5, 0.6) is 5.88 Å². The summed E-state index contributed by atoms with van der Waals surface area (Å²) in [4.78, 5) is 4.90. The summed E-state index contributed by atoms with van der Waals surface area (Å²) in [5, 5.41) is 9.93. The second-order valence-corrected chi connectivity index (χ2v) is 7.35. The Morgan fingerprint density at radius 2 is 1.55 bits per heavy atom. The number of nitrogens with one attached hydrogen (secondary N) is 3. The second kappa shape index (κ2) is 8.64. The molecule has 3 aromatic rings. The molecular weight excluding hydrogens is 362 g/mol. The van der Waals surface area contributed by atoms with Gasteiger partial charge in [-0.25, -0.2) is 4.98 Å². The van der Waals surface area contributed by atoms with Gasteiger partial charge in [0.1, 0.15) is 5.65 Å². The number of hydrogen-bond donors (Lipinski definition) is 3. The molecule has 0 aliphatic carbocycles. The number of rotatable bonds is 8. The molecule has 6 nitrogen and oxygen atoms in total. The number of aromatic nitrogens is 2. The van der Waals surface area contributed by atoms with E-state index in [-0.39, 0.29) is 6.10 Å². The monoisotopic (exact) mass is 395 g/mol. The summed E-state index contributed by atoms with van der Waals surface area (Å²) in [7, 11) is 5.82. The number of hydrogen-bond acceptors (Lipinski definition) is 5. The number of nitrogens with zero attached hydrogens (tertiary/aromatic N) is 2. The highest BCUT2D eigenvalue weighted by atomic mass is 16.5. The van der Waals surface area contributed by atoms with Crippen LogP contribution >= 0.6 is 0 Å². The predicted octanol–water partition coefficient (Wildman–Crippen LogP) is 5.31. The largest absolute Gasteiger partial charge is 0.475 e. The van der Waals surface area contributed by atoms with Crippen molar-refractivity contribution in [3.8, 4) is 17.0 Å². The van der Waals surface area contributed by atoms with Crippen LogP contribution < -0.4 is 20.7 Å². The van der Waals surface area contributed by atoms with E-state index in [0.717, 1.165) is 63.9 Å². The van der Waals surface area contributed by atoms with Gasteiger partial charge in [-0.2, -0.15) is 0 Å². The lowest BCUT2D eigenvalue weighted by molar-refractivity contribution is 0.182. The first-order valence-electron chi connectivity index (χ1n) is 10.3. The van der Waals surface area contributed by atoms with Crippen molar-refractivity contribution in [2.75, 3.05) is 37.1 Å². The van der Waals surface area contributed by atoms with E-state index in [4.69, 9.17) is 9.72 Å². The molecule has 0 fully saturated rings. The molecule has 1 aromatic carbocycles. The average Bonchev–Trinajstić information content (AvgIpc) is 3.06. The van der Waals surface area contributed by atoms with Gasteiger partial charge in [0.25, 0.3) is 0 Å². The van der Waals surface area contributed by atoms with E-state index in [1.54, 1.807) is 0 Å². The number of anilines is 3. The van der Waals surface area contributed by atoms with Gasteiger partial charge in [0, 0.05) is 66.8 Å². The molecule has 0 spiro atoms. The zero-order valence-electron chi connectivity index (χ0n) is 18.6. The van der Waals surface area contributed by atoms with Crippen LogP contribution in [0.1, 0.15) is 38.1 Å². The van der Waals surface area contributed by atoms with E-state index in [0.29, 0.717) is 0 Å². The quantitative estimate of drug-likeness (QED) is 0.482. The van der Waals surface area contributed by atoms with Crippen LogP contribution in [0.2, 0.25) is 0 Å². The van der Waals surface area contributed by atoms with Gasteiger partial charge in [0.15, 0.2) is 0 Å². The van der Waals surface area contributed by atoms with E-state index >= 15 is 0 Å². The Morgan fingerprint density at radius 1 is 0.931 bits per heavy atom. The molecule has 0 saturated heterocycles. The Morgan fingerprint density at radius 3 is 2.07 bits per heavy atom. The summed E-state index contributed by atoms with van der Waals surface area (Å²) < 4.78 is 8.50. The zero-order chi connectivity index (χ0) is 21.1. The highest BCUT2D eigenvalue weighted by Crippen LogP contribution is 2.41. The van der Waals surface area contributed by atoms with Gasteiger partial charge in [-0.3, -0.25) is 4.40 Å². The highest BCUT2D eigenvalue weighted by molar-refractivity contribution is 5.97. The maximum Gasteiger partial charge on any atom is 0.201 e. The van der Waals surface area contributed by atoms with E-state index in [2.05, 4.69) is 59.3 Å². The van der Waals surface area contributed by atoms with Gasteiger partial charge in [0.2, 0.25) is 5.88 Å². The summed E-state index contributed by atoms with van der Waals surface area (Å²) in [6, 6.07) is 8.46. The maximum atomic E-state index is 6.37. The lowest BCUT2D eigenvalue weighted by atomic mass is 10.0. The van der Waals surface area contributed by atoms with Crippen molar-refractivity contribution in [2.24, 2.45) is 0 Å². The third kappa shape index (κ3) is 3.84. The number of benzene rings is 1. The molecule has 0 bridgehead atoms. The second-order valence-electron chi connectivity index (χ2n) is 7.35. The average molecular weight is 396 g/mol. The van der Waals surface area contributed by atoms with Gasteiger partial charge >= 0.3 is 0 Å². The number of fused-ring (bicyclic) bond motifs is 1. The number of ether oxygens (including phenoxy) is 1. The molecule has 0 aliphatic rings. The van der Waals surface area contributed by atoms with Crippen LogP contribution in [-0.2, 0) is 0 Å². The highest BCUT2D eigenvalue weighted by Gasteiger charge is 2.20. The van der Waals surface area contributed by atoms with Gasteiger partial charge in [-0.15, -0.1) is 0 Å². The fourth-order valence-electron chi connectivity index (χ4n) is 3.82. The van der Waals surface area contributed by atoms with E-state index < -0.39 is 0 Å². The van der Waals surface area contributed by atoms with Crippen molar-refractivity contribution in [2.45, 2.75) is 46.6 Å². The van der Waals surface area contributed by atoms with Crippen molar-refractivity contribution >= 4 is 22.7 Å². The SMILES string of the molecule is CCC(CC)Oc1cc(C)nc2c(-c3c(NC)cc(NC)cc3NC)cc(C)n12. The Labute approximate surface area is 173 Å². The first-order chi connectivity index (χ1) is 14.0. The van der Waals surface area contributed by atoms with Crippen LogP contribution in [0.15, 0.2) is 24.3 Å². The van der Waals surface area contributed by atoms with Crippen LogP contribution in [0, 0.1) is 13.8 Å². The van der Waals surface area contributed by atoms with E-state index in [1.807, 2.05) is 34.1 Å². The fourth-order valence-corrected chi connectivity index (χ4v) is 3.82. The molecule has 0 atom stereocenters. The zero-order valence-corrected chi connectivity index (χ0v) is 18.6. The molecule has 0 unspecified atom stereocenters. The maximum absolute atomic E-state index is 6.37. The van der Waals surface area contributed by atoms with Gasteiger partial charge in [-0.05, 0) is 44.9 Å². The first-order valence-corrected chi connectivity index (χ1v) is 10.3. The first kappa shape index (κ1) is 20.8. The Hall–Kier alpha value is -2.89. The lowest BCUT2D eigenvalue weighted by Gasteiger charge is -2.19. The molecule has 2 aromatic heterocycles. The summed E-state index contributed by atoms with van der Waals surface area (Å²) in [5.41, 5.74) is 8.27. The van der Waals surface area contributed by atoms with Crippen LogP contribution in [-0.4, -0.2) is 36.6 Å². The van der Waals surface area contributed by atoms with Crippen LogP contribution in [0.25, 0.3) is 16.8 Å². The van der Waals surface area contributed by atoms with Crippen molar-refractivity contribution in [3.05, 3.63) is 35.7 Å². The van der Waals surface area contributed by atoms with Crippen LogP contribution in [0.3, 0.4) is 0 Å². The minimum Gasteiger partial charge on any atom is -0.475 e. The summed E-state index contributed by atoms with van der Waals surface area (Å²) >= 11 is 0. The molecule has 3 rings (SSSR count). The molecule has 2 heterocycles. The third-order valence-electron chi connectivity index (χ3n) is 5.43. The summed E-state index contributed by atoms with van der Waals surface area (Å²) in [6.07, 6.45) is 2.15. The number of aryl methyl sites for hydroxylation is 2. The van der Waals surface area contributed by atoms with Crippen molar-refractivity contribution in [1.29, 1.82) is 0 Å². The molecule has 0 amide bonds. The molecule has 0 radical (unpaired) electrons. The minimum absolute atomic E-state index is 0.195. The Balaban J connectivity index is 2.29. The fraction of sp³-hybridized carbons (Fsp3) is 0.435. The van der Waals surface area contributed by atoms with E-state index in [9.17, 15) is 0 Å². The Kier molecular flexibility index (Phi) is 6.20. The molecule has 156 valence electrons. The third-order valence-corrected chi connectivity index (χ3v) is 5.43. The van der Waals surface area contributed by atoms with Gasteiger partial charge < -0.3 is 20.7 Å². The van der Waals surface area contributed by atoms with Crippen molar-refractivity contribution in [3.63, 3.8) is 0 Å². The summed E-state index contributed by atoms with van der Waals surface area (Å²) in [5.74, 6) is 0.855. The summed E-state index contributed by atoms with van der Waals surface area (Å²) in [6.45, 7) is 8.45. The van der Waals surface area contributed by atoms with Crippen molar-refractivity contribution in [1.82, 2.24) is 9.38 Å². The standard InChI is InChI=1S/C23H33N5O/c1-8-17(9-2)29-21-10-14(3)27-23-18(11-15(4)28(21)23)22-19(25-6)12-16(24-5)13-20(22)26-7/h10-13,17,24-26H,8-9H2,1-7H3. The lowest BCUT2D eigenvalue weighted by Crippen LogP contribution is -2.16. The topological polar surface area (TPSA) is 62.6 Å². The smallest absolute Gasteiger partial charge is 0.201 e. The van der Waals surface area contributed by atoms with Gasteiger partial charge in [-0.1, -0.05) is 13.8 Å². The molecule has 6 heteroatoms. The van der Waals surface area contributed by atoms with Crippen molar-refractivity contribution < 1.29 is 4.74 Å². The minimum atomic E-state index is 0.195. The Bertz CT molecular complexity index is 979. The van der Waals surface area contributed by atoms with Crippen LogP contribution in [0.4, 0.5) is 17.1 Å². The molecule has 0 aliphatic heterocycles. The van der Waals surface area contributed by atoms with E-state index in [1.165, 1.54) is 0 Å². The normalized spacial score (nSPS) is 11.2. The molecular formula is C23H33N5O. The van der Waals surface area contributed by atoms with Gasteiger partial charge in [0.05, 0.1) is 6.10 Å². The molecule has 29 heavy (non-hydrogen) atoms. The molecule has 3 N–H and O–H groups in total. The molecule has 0 saturated carbocycles.